The zero-order chi connectivity index (χ0) is 14.9. The fourth-order valence-corrected chi connectivity index (χ4v) is 4.24. The SMILES string of the molecule is Cc1cc(S(=O)(=O)NCc2cnn(C)c2C)sc1CO. The summed E-state index contributed by atoms with van der Waals surface area (Å²) in [5.74, 6) is 0. The monoisotopic (exact) mass is 315 g/mol. The molecule has 0 unspecified atom stereocenters. The predicted octanol–water partition coefficient (Wildman–Crippen LogP) is 1.07. The normalized spacial score (nSPS) is 12.0. The number of sulfonamides is 1. The van der Waals surface area contributed by atoms with Crippen molar-refractivity contribution in [2.24, 2.45) is 7.05 Å². The number of nitrogens with zero attached hydrogens (tertiary/aromatic N) is 2. The largest absolute Gasteiger partial charge is 0.391 e. The molecule has 2 aromatic rings. The topological polar surface area (TPSA) is 84.2 Å². The van der Waals surface area contributed by atoms with E-state index in [1.165, 1.54) is 0 Å². The van der Waals surface area contributed by atoms with Crippen LogP contribution >= 0.6 is 11.3 Å². The zero-order valence-corrected chi connectivity index (χ0v) is 13.2. The van der Waals surface area contributed by atoms with E-state index in [9.17, 15) is 8.42 Å². The molecule has 0 radical (unpaired) electrons. The first-order valence-electron chi connectivity index (χ1n) is 6.02. The van der Waals surface area contributed by atoms with Gasteiger partial charge in [-0.2, -0.15) is 5.10 Å². The van der Waals surface area contributed by atoms with Gasteiger partial charge < -0.3 is 5.11 Å². The molecule has 0 aliphatic carbocycles. The molecule has 0 bridgehead atoms. The lowest BCUT2D eigenvalue weighted by atomic mass is 10.3. The van der Waals surface area contributed by atoms with Crippen molar-refractivity contribution in [1.29, 1.82) is 0 Å². The van der Waals surface area contributed by atoms with Crippen molar-refractivity contribution in [1.82, 2.24) is 14.5 Å². The summed E-state index contributed by atoms with van der Waals surface area (Å²) in [5.41, 5.74) is 2.55. The van der Waals surface area contributed by atoms with E-state index in [2.05, 4.69) is 9.82 Å². The molecule has 0 atom stereocenters. The van der Waals surface area contributed by atoms with E-state index in [0.29, 0.717) is 4.88 Å². The van der Waals surface area contributed by atoms with Gasteiger partial charge in [-0.25, -0.2) is 13.1 Å². The summed E-state index contributed by atoms with van der Waals surface area (Å²) in [4.78, 5) is 0.669. The third-order valence-electron chi connectivity index (χ3n) is 3.20. The summed E-state index contributed by atoms with van der Waals surface area (Å²) in [7, 11) is -1.75. The number of nitrogens with one attached hydrogen (secondary N) is 1. The summed E-state index contributed by atoms with van der Waals surface area (Å²) in [6.45, 7) is 3.73. The molecule has 0 saturated carbocycles. The fraction of sp³-hybridized carbons (Fsp3) is 0.417. The van der Waals surface area contributed by atoms with Crippen LogP contribution in [0.5, 0.6) is 0 Å². The quantitative estimate of drug-likeness (QED) is 0.864. The Morgan fingerprint density at radius 1 is 1.45 bits per heavy atom. The Labute approximate surface area is 122 Å². The second-order valence-electron chi connectivity index (χ2n) is 4.53. The maximum Gasteiger partial charge on any atom is 0.250 e. The van der Waals surface area contributed by atoms with Gasteiger partial charge in [0.1, 0.15) is 4.21 Å². The lowest BCUT2D eigenvalue weighted by Gasteiger charge is -2.04. The number of rotatable bonds is 5. The van der Waals surface area contributed by atoms with Crippen molar-refractivity contribution in [3.63, 3.8) is 0 Å². The van der Waals surface area contributed by atoms with Gasteiger partial charge in [0.2, 0.25) is 10.0 Å². The van der Waals surface area contributed by atoms with Gasteiger partial charge in [-0.3, -0.25) is 4.68 Å². The van der Waals surface area contributed by atoms with Gasteiger partial charge in [-0.1, -0.05) is 0 Å². The third-order valence-corrected chi connectivity index (χ3v) is 6.29. The lowest BCUT2D eigenvalue weighted by molar-refractivity contribution is 0.285. The van der Waals surface area contributed by atoms with E-state index < -0.39 is 10.0 Å². The maximum atomic E-state index is 12.2. The van der Waals surface area contributed by atoms with Crippen LogP contribution < -0.4 is 4.72 Å². The van der Waals surface area contributed by atoms with Crippen molar-refractivity contribution in [3.05, 3.63) is 34.0 Å². The maximum absolute atomic E-state index is 12.2. The Hall–Kier alpha value is -1.22. The minimum absolute atomic E-state index is 0.145. The Morgan fingerprint density at radius 2 is 2.15 bits per heavy atom. The number of hydrogen-bond donors (Lipinski definition) is 2. The molecule has 2 heterocycles. The smallest absolute Gasteiger partial charge is 0.250 e. The van der Waals surface area contributed by atoms with Crippen LogP contribution in [0.25, 0.3) is 0 Å². The van der Waals surface area contributed by atoms with Crippen LogP contribution in [-0.2, 0) is 30.2 Å². The average molecular weight is 315 g/mol. The molecule has 0 saturated heterocycles. The molecule has 8 heteroatoms. The average Bonchev–Trinajstić information content (AvgIpc) is 2.93. The third kappa shape index (κ3) is 2.93. The number of aryl methyl sites for hydroxylation is 2. The van der Waals surface area contributed by atoms with Gasteiger partial charge in [-0.15, -0.1) is 11.3 Å². The molecule has 2 aromatic heterocycles. The number of thiophene rings is 1. The molecule has 0 fully saturated rings. The molecular formula is C12H17N3O3S2. The molecule has 0 aliphatic rings. The highest BCUT2D eigenvalue weighted by Crippen LogP contribution is 2.26. The summed E-state index contributed by atoms with van der Waals surface area (Å²) in [6, 6.07) is 1.58. The second kappa shape index (κ2) is 5.65. The first-order chi connectivity index (χ1) is 9.35. The standard InChI is InChI=1S/C12H17N3O3S2/c1-8-4-12(19-11(8)7-16)20(17,18)14-6-10-5-13-15(3)9(10)2/h4-5,14,16H,6-7H2,1-3H3. The minimum atomic E-state index is -3.56. The molecule has 2 rings (SSSR count). The molecular weight excluding hydrogens is 298 g/mol. The van der Waals surface area contributed by atoms with E-state index in [-0.39, 0.29) is 17.4 Å². The summed E-state index contributed by atoms with van der Waals surface area (Å²) in [6.07, 6.45) is 1.65. The lowest BCUT2D eigenvalue weighted by Crippen LogP contribution is -2.22. The van der Waals surface area contributed by atoms with Gasteiger partial charge in [0.15, 0.2) is 0 Å². The number of aromatic nitrogens is 2. The molecule has 0 aliphatic heterocycles. The van der Waals surface area contributed by atoms with Gasteiger partial charge in [-0.05, 0) is 25.5 Å². The molecule has 6 nitrogen and oxygen atoms in total. The highest BCUT2D eigenvalue weighted by molar-refractivity contribution is 7.91. The van der Waals surface area contributed by atoms with Crippen LogP contribution in [0.4, 0.5) is 0 Å². The molecule has 0 aromatic carbocycles. The Kier molecular flexibility index (Phi) is 4.28. The second-order valence-corrected chi connectivity index (χ2v) is 7.66. The molecule has 20 heavy (non-hydrogen) atoms. The first-order valence-corrected chi connectivity index (χ1v) is 8.32. The Morgan fingerprint density at radius 3 is 2.65 bits per heavy atom. The summed E-state index contributed by atoms with van der Waals surface area (Å²) in [5, 5.41) is 13.2. The van der Waals surface area contributed by atoms with Gasteiger partial charge in [0.25, 0.3) is 0 Å². The highest BCUT2D eigenvalue weighted by atomic mass is 32.2. The van der Waals surface area contributed by atoms with E-state index in [1.54, 1.807) is 23.9 Å². The number of hydrogen-bond acceptors (Lipinski definition) is 5. The summed E-state index contributed by atoms with van der Waals surface area (Å²) >= 11 is 1.09. The highest BCUT2D eigenvalue weighted by Gasteiger charge is 2.19. The Bertz CT molecular complexity index is 716. The van der Waals surface area contributed by atoms with Gasteiger partial charge >= 0.3 is 0 Å². The molecule has 0 spiro atoms. The van der Waals surface area contributed by atoms with E-state index >= 15 is 0 Å². The van der Waals surface area contributed by atoms with Crippen LogP contribution in [-0.4, -0.2) is 23.3 Å². The minimum Gasteiger partial charge on any atom is -0.391 e. The van der Waals surface area contributed by atoms with E-state index in [0.717, 1.165) is 28.2 Å². The van der Waals surface area contributed by atoms with Crippen LogP contribution in [0, 0.1) is 13.8 Å². The molecule has 0 amide bonds. The van der Waals surface area contributed by atoms with Crippen molar-refractivity contribution in [2.75, 3.05) is 0 Å². The fourth-order valence-electron chi connectivity index (χ4n) is 1.74. The summed E-state index contributed by atoms with van der Waals surface area (Å²) < 4.78 is 28.9. The molecule has 110 valence electrons. The van der Waals surface area contributed by atoms with Crippen LogP contribution in [0.15, 0.2) is 16.5 Å². The van der Waals surface area contributed by atoms with Crippen LogP contribution in [0.1, 0.15) is 21.7 Å². The van der Waals surface area contributed by atoms with Gasteiger partial charge in [0.05, 0.1) is 12.8 Å². The number of aliphatic hydroxyl groups excluding tert-OH is 1. The van der Waals surface area contributed by atoms with Gasteiger partial charge in [0, 0.05) is 29.7 Å². The van der Waals surface area contributed by atoms with Crippen molar-refractivity contribution in [3.8, 4) is 0 Å². The van der Waals surface area contributed by atoms with Crippen molar-refractivity contribution >= 4 is 21.4 Å². The van der Waals surface area contributed by atoms with E-state index in [4.69, 9.17) is 5.11 Å². The van der Waals surface area contributed by atoms with Crippen LogP contribution in [0.2, 0.25) is 0 Å². The van der Waals surface area contributed by atoms with Crippen molar-refractivity contribution in [2.45, 2.75) is 31.2 Å². The number of aliphatic hydroxyl groups is 1. The van der Waals surface area contributed by atoms with Crippen LogP contribution in [0.3, 0.4) is 0 Å². The molecule has 2 N–H and O–H groups in total. The van der Waals surface area contributed by atoms with Crippen molar-refractivity contribution < 1.29 is 13.5 Å². The first kappa shape index (κ1) is 15.2. The predicted molar refractivity (Wildman–Crippen MR) is 76.9 cm³/mol. The van der Waals surface area contributed by atoms with E-state index in [1.807, 2.05) is 14.0 Å². The zero-order valence-electron chi connectivity index (χ0n) is 11.5. The Balaban J connectivity index is 2.17.